The van der Waals surface area contributed by atoms with E-state index in [0.29, 0.717) is 5.69 Å². The van der Waals surface area contributed by atoms with Gasteiger partial charge in [0.1, 0.15) is 6.04 Å². The maximum Gasteiger partial charge on any atom is 0.326 e. The maximum atomic E-state index is 12.2. The average molecular weight is 427 g/mol. The van der Waals surface area contributed by atoms with Crippen LogP contribution in [0.25, 0.3) is 0 Å². The first-order chi connectivity index (χ1) is 14.7. The van der Waals surface area contributed by atoms with Crippen LogP contribution < -0.4 is 16.0 Å². The second kappa shape index (κ2) is 10.8. The number of hydrogen-bond acceptors (Lipinski definition) is 5. The Balaban J connectivity index is 1.89. The average Bonchev–Trinajstić information content (AvgIpc) is 2.72. The van der Waals surface area contributed by atoms with Crippen molar-refractivity contribution >= 4 is 35.1 Å². The number of hydrogen-bond donors (Lipinski definition) is 5. The number of rotatable bonds is 10. The highest BCUT2D eigenvalue weighted by molar-refractivity contribution is 5.98. The Morgan fingerprint density at radius 2 is 1.55 bits per heavy atom. The number of aryl methyl sites for hydroxylation is 2. The molecule has 9 heteroatoms. The number of nitrogens with one attached hydrogen (secondary N) is 3. The minimum atomic E-state index is -1.31. The van der Waals surface area contributed by atoms with Gasteiger partial charge in [0, 0.05) is 23.4 Å². The molecule has 9 nitrogen and oxygen atoms in total. The summed E-state index contributed by atoms with van der Waals surface area (Å²) < 4.78 is 0. The number of carboxylic acids is 2. The maximum absolute atomic E-state index is 12.2. The van der Waals surface area contributed by atoms with Crippen LogP contribution in [-0.4, -0.2) is 46.6 Å². The Hall–Kier alpha value is -3.88. The summed E-state index contributed by atoms with van der Waals surface area (Å²) in [6, 6.07) is 10.4. The van der Waals surface area contributed by atoms with Gasteiger partial charge in [-0.3, -0.25) is 14.4 Å². The lowest BCUT2D eigenvalue weighted by Crippen LogP contribution is -2.41. The van der Waals surface area contributed by atoms with E-state index in [4.69, 9.17) is 10.2 Å². The van der Waals surface area contributed by atoms with Crippen LogP contribution >= 0.6 is 0 Å². The van der Waals surface area contributed by atoms with Crippen LogP contribution in [0.15, 0.2) is 42.5 Å². The number of benzene rings is 2. The predicted molar refractivity (Wildman–Crippen MR) is 115 cm³/mol. The summed E-state index contributed by atoms with van der Waals surface area (Å²) in [4.78, 5) is 46.2. The topological polar surface area (TPSA) is 145 Å². The first-order valence-corrected chi connectivity index (χ1v) is 9.62. The Kier molecular flexibility index (Phi) is 8.13. The van der Waals surface area contributed by atoms with E-state index in [1.165, 1.54) is 24.3 Å². The molecular weight excluding hydrogens is 402 g/mol. The van der Waals surface area contributed by atoms with Gasteiger partial charge in [0.25, 0.3) is 5.91 Å². The van der Waals surface area contributed by atoms with Crippen LogP contribution in [0.1, 0.15) is 34.3 Å². The minimum absolute atomic E-state index is 0.0641. The van der Waals surface area contributed by atoms with E-state index in [2.05, 4.69) is 16.0 Å². The summed E-state index contributed by atoms with van der Waals surface area (Å²) in [5.74, 6) is -3.37. The molecule has 1 unspecified atom stereocenters. The van der Waals surface area contributed by atoms with Crippen LogP contribution in [0.5, 0.6) is 0 Å². The van der Waals surface area contributed by atoms with E-state index in [-0.39, 0.29) is 30.9 Å². The van der Waals surface area contributed by atoms with E-state index < -0.39 is 23.9 Å². The molecule has 0 bridgehead atoms. The van der Waals surface area contributed by atoms with Gasteiger partial charge in [-0.05, 0) is 67.8 Å². The number of aliphatic carboxylic acids is 2. The van der Waals surface area contributed by atoms with E-state index in [1.54, 1.807) is 0 Å². The molecule has 0 saturated carbocycles. The quantitative estimate of drug-likeness (QED) is 0.391. The molecule has 0 spiro atoms. The van der Waals surface area contributed by atoms with Gasteiger partial charge >= 0.3 is 11.9 Å². The highest BCUT2D eigenvalue weighted by atomic mass is 16.4. The molecule has 0 aliphatic heterocycles. The van der Waals surface area contributed by atoms with Crippen LogP contribution in [0.4, 0.5) is 11.4 Å². The Bertz CT molecular complexity index is 972. The van der Waals surface area contributed by atoms with Gasteiger partial charge in [0.05, 0.1) is 6.54 Å². The molecule has 0 aliphatic carbocycles. The Labute approximate surface area is 179 Å². The van der Waals surface area contributed by atoms with Gasteiger partial charge in [0.2, 0.25) is 5.91 Å². The molecule has 0 fully saturated rings. The second-order valence-corrected chi connectivity index (χ2v) is 7.07. The molecule has 0 heterocycles. The van der Waals surface area contributed by atoms with Crippen molar-refractivity contribution < 1.29 is 29.4 Å². The van der Waals surface area contributed by atoms with Crippen molar-refractivity contribution in [1.29, 1.82) is 0 Å². The molecule has 2 aromatic rings. The van der Waals surface area contributed by atoms with Crippen LogP contribution in [0.2, 0.25) is 0 Å². The van der Waals surface area contributed by atoms with Crippen molar-refractivity contribution in [3.05, 3.63) is 59.2 Å². The second-order valence-electron chi connectivity index (χ2n) is 7.07. The fourth-order valence-corrected chi connectivity index (χ4v) is 2.71. The summed E-state index contributed by atoms with van der Waals surface area (Å²) >= 11 is 0. The SMILES string of the molecule is Cc1ccc(NCC(=O)Nc2ccc(C(=O)NC(CCC(=O)O)C(=O)O)cc2)cc1C. The minimum Gasteiger partial charge on any atom is -0.481 e. The standard InChI is InChI=1S/C22H25N3O6/c1-13-3-6-17(11-14(13)2)23-12-19(26)24-16-7-4-15(5-8-16)21(29)25-18(22(30)31)9-10-20(27)28/h3-8,11,18,23H,9-10,12H2,1-2H3,(H,24,26)(H,25,29)(H,27,28)(H,30,31). The van der Waals surface area contributed by atoms with Crippen molar-refractivity contribution in [2.24, 2.45) is 0 Å². The molecule has 2 amide bonds. The van der Waals surface area contributed by atoms with Crippen molar-refractivity contribution in [3.8, 4) is 0 Å². The molecule has 31 heavy (non-hydrogen) atoms. The van der Waals surface area contributed by atoms with Crippen molar-refractivity contribution in [3.63, 3.8) is 0 Å². The van der Waals surface area contributed by atoms with Gasteiger partial charge in [0.15, 0.2) is 0 Å². The lowest BCUT2D eigenvalue weighted by Gasteiger charge is -2.14. The molecule has 0 aromatic heterocycles. The predicted octanol–water partition coefficient (Wildman–Crippen LogP) is 2.40. The van der Waals surface area contributed by atoms with Crippen LogP contribution in [-0.2, 0) is 14.4 Å². The van der Waals surface area contributed by atoms with Gasteiger partial charge in [-0.2, -0.15) is 0 Å². The molecule has 2 rings (SSSR count). The monoisotopic (exact) mass is 427 g/mol. The number of carbonyl (C=O) groups excluding carboxylic acids is 2. The summed E-state index contributed by atoms with van der Waals surface area (Å²) in [5.41, 5.74) is 3.78. The molecule has 0 radical (unpaired) electrons. The molecule has 164 valence electrons. The zero-order valence-electron chi connectivity index (χ0n) is 17.3. The van der Waals surface area contributed by atoms with Crippen molar-refractivity contribution in [2.45, 2.75) is 32.7 Å². The molecule has 0 saturated heterocycles. The summed E-state index contributed by atoms with van der Waals surface area (Å²) in [5, 5.41) is 25.8. The van der Waals surface area contributed by atoms with E-state index in [1.807, 2.05) is 32.0 Å². The third kappa shape index (κ3) is 7.46. The lowest BCUT2D eigenvalue weighted by molar-refractivity contribution is -0.140. The lowest BCUT2D eigenvalue weighted by atomic mass is 10.1. The van der Waals surface area contributed by atoms with E-state index >= 15 is 0 Å². The Morgan fingerprint density at radius 1 is 0.903 bits per heavy atom. The fraction of sp³-hybridized carbons (Fsp3) is 0.273. The number of anilines is 2. The van der Waals surface area contributed by atoms with E-state index in [0.717, 1.165) is 16.8 Å². The number of carboxylic acid groups (broad SMARTS) is 2. The largest absolute Gasteiger partial charge is 0.481 e. The zero-order chi connectivity index (χ0) is 23.0. The van der Waals surface area contributed by atoms with Gasteiger partial charge in [-0.25, -0.2) is 4.79 Å². The smallest absolute Gasteiger partial charge is 0.326 e. The number of amides is 2. The Morgan fingerprint density at radius 3 is 2.13 bits per heavy atom. The highest BCUT2D eigenvalue weighted by Crippen LogP contribution is 2.14. The zero-order valence-corrected chi connectivity index (χ0v) is 17.3. The van der Waals surface area contributed by atoms with Crippen molar-refractivity contribution in [2.75, 3.05) is 17.2 Å². The summed E-state index contributed by atoms with van der Waals surface area (Å²) in [6.07, 6.45) is -0.601. The number of carbonyl (C=O) groups is 4. The van der Waals surface area contributed by atoms with Crippen LogP contribution in [0.3, 0.4) is 0 Å². The first kappa shape index (κ1) is 23.4. The van der Waals surface area contributed by atoms with Gasteiger partial charge < -0.3 is 26.2 Å². The first-order valence-electron chi connectivity index (χ1n) is 9.62. The van der Waals surface area contributed by atoms with Crippen molar-refractivity contribution in [1.82, 2.24) is 5.32 Å². The molecule has 0 aliphatic rings. The molecule has 5 N–H and O–H groups in total. The summed E-state index contributed by atoms with van der Waals surface area (Å²) in [7, 11) is 0. The molecule has 2 aromatic carbocycles. The molecular formula is C22H25N3O6. The highest BCUT2D eigenvalue weighted by Gasteiger charge is 2.21. The van der Waals surface area contributed by atoms with Gasteiger partial charge in [-0.15, -0.1) is 0 Å². The third-order valence-electron chi connectivity index (χ3n) is 4.64. The summed E-state index contributed by atoms with van der Waals surface area (Å²) in [6.45, 7) is 4.06. The normalized spacial score (nSPS) is 11.3. The fourth-order valence-electron chi connectivity index (χ4n) is 2.71. The third-order valence-corrected chi connectivity index (χ3v) is 4.64. The van der Waals surface area contributed by atoms with E-state index in [9.17, 15) is 19.2 Å². The molecule has 1 atom stereocenters. The van der Waals surface area contributed by atoms with Crippen LogP contribution in [0, 0.1) is 13.8 Å². The van der Waals surface area contributed by atoms with Gasteiger partial charge in [-0.1, -0.05) is 6.07 Å².